The number of anilines is 1. The molecule has 2 rings (SSSR count). The number of benzene rings is 1. The molecular formula is C12H13N3. The average molecular weight is 199 g/mol. The minimum atomic E-state index is 0.773. The molecule has 1 heterocycles. The monoisotopic (exact) mass is 199 g/mol. The molecule has 1 aromatic heterocycles. The zero-order valence-corrected chi connectivity index (χ0v) is 8.86. The van der Waals surface area contributed by atoms with Crippen molar-refractivity contribution in [1.82, 2.24) is 4.98 Å². The molecule has 0 atom stereocenters. The van der Waals surface area contributed by atoms with Gasteiger partial charge in [0, 0.05) is 11.1 Å². The summed E-state index contributed by atoms with van der Waals surface area (Å²) >= 11 is 0. The molecular weight excluding hydrogens is 186 g/mol. The second-order valence-corrected chi connectivity index (χ2v) is 3.56. The molecule has 15 heavy (non-hydrogen) atoms. The molecule has 0 aliphatic rings. The Bertz CT molecular complexity index is 499. The summed E-state index contributed by atoms with van der Waals surface area (Å²) in [6, 6.07) is 12.0. The summed E-state index contributed by atoms with van der Waals surface area (Å²) < 4.78 is 0. The predicted molar refractivity (Wildman–Crippen MR) is 64.1 cm³/mol. The van der Waals surface area contributed by atoms with Gasteiger partial charge in [-0.15, -0.1) is 0 Å². The fraction of sp³-hybridized carbons (Fsp3) is 0.167. The van der Waals surface area contributed by atoms with Crippen molar-refractivity contribution < 1.29 is 0 Å². The third-order valence-corrected chi connectivity index (χ3v) is 1.99. The van der Waals surface area contributed by atoms with Gasteiger partial charge in [-0.3, -0.25) is 5.43 Å². The highest BCUT2D eigenvalue weighted by Gasteiger charge is 1.95. The van der Waals surface area contributed by atoms with Gasteiger partial charge in [0.15, 0.2) is 0 Å². The van der Waals surface area contributed by atoms with E-state index in [0.717, 1.165) is 22.4 Å². The molecule has 76 valence electrons. The summed E-state index contributed by atoms with van der Waals surface area (Å²) in [7, 11) is 0. The van der Waals surface area contributed by atoms with E-state index in [9.17, 15) is 0 Å². The summed E-state index contributed by atoms with van der Waals surface area (Å²) in [5, 5.41) is 5.24. The minimum Gasteiger partial charge on any atom is -0.261 e. The Labute approximate surface area is 88.8 Å². The normalized spacial score (nSPS) is 10.0. The smallest absolute Gasteiger partial charge is 0.146 e. The molecule has 0 saturated heterocycles. The van der Waals surface area contributed by atoms with E-state index in [1.54, 1.807) is 0 Å². The third kappa shape index (κ3) is 2.31. The molecule has 1 N–H and O–H groups in total. The lowest BCUT2D eigenvalue weighted by atomic mass is 10.2. The van der Waals surface area contributed by atoms with Crippen LogP contribution in [-0.4, -0.2) is 10.7 Å². The van der Waals surface area contributed by atoms with Crippen LogP contribution in [-0.2, 0) is 0 Å². The van der Waals surface area contributed by atoms with Crippen LogP contribution in [0.25, 0.3) is 10.9 Å². The van der Waals surface area contributed by atoms with Gasteiger partial charge in [-0.2, -0.15) is 5.10 Å². The van der Waals surface area contributed by atoms with E-state index < -0.39 is 0 Å². The Morgan fingerprint density at radius 1 is 1.13 bits per heavy atom. The Balaban J connectivity index is 2.34. The molecule has 3 nitrogen and oxygen atoms in total. The quantitative estimate of drug-likeness (QED) is 0.596. The molecule has 0 radical (unpaired) electrons. The van der Waals surface area contributed by atoms with Crippen molar-refractivity contribution in [3.63, 3.8) is 0 Å². The van der Waals surface area contributed by atoms with Crippen molar-refractivity contribution in [3.8, 4) is 0 Å². The average Bonchev–Trinajstić information content (AvgIpc) is 2.26. The van der Waals surface area contributed by atoms with Crippen molar-refractivity contribution in [1.29, 1.82) is 0 Å². The number of nitrogens with one attached hydrogen (secondary N) is 1. The molecule has 2 aromatic rings. The SMILES string of the molecule is CC(C)=NNc1ccc2ccccc2n1. The van der Waals surface area contributed by atoms with Crippen molar-refractivity contribution in [2.24, 2.45) is 5.10 Å². The first-order valence-corrected chi connectivity index (χ1v) is 4.88. The summed E-state index contributed by atoms with van der Waals surface area (Å²) in [6.45, 7) is 3.88. The fourth-order valence-corrected chi connectivity index (χ4v) is 1.30. The zero-order chi connectivity index (χ0) is 10.7. The lowest BCUT2D eigenvalue weighted by Crippen LogP contribution is -1.95. The summed E-state index contributed by atoms with van der Waals surface area (Å²) in [6.07, 6.45) is 0. The van der Waals surface area contributed by atoms with E-state index in [1.165, 1.54) is 0 Å². The number of para-hydroxylation sites is 1. The lowest BCUT2D eigenvalue weighted by molar-refractivity contribution is 1.25. The Kier molecular flexibility index (Phi) is 2.63. The molecule has 0 spiro atoms. The number of hydrazone groups is 1. The van der Waals surface area contributed by atoms with Crippen LogP contribution in [0, 0.1) is 0 Å². The van der Waals surface area contributed by atoms with E-state index >= 15 is 0 Å². The van der Waals surface area contributed by atoms with Gasteiger partial charge in [0.1, 0.15) is 5.82 Å². The molecule has 0 bridgehead atoms. The summed E-state index contributed by atoms with van der Waals surface area (Å²) in [5.41, 5.74) is 4.87. The van der Waals surface area contributed by atoms with Crippen molar-refractivity contribution in [2.75, 3.05) is 5.43 Å². The molecule has 0 saturated carbocycles. The number of hydrogen-bond acceptors (Lipinski definition) is 3. The van der Waals surface area contributed by atoms with Gasteiger partial charge >= 0.3 is 0 Å². The van der Waals surface area contributed by atoms with Crippen molar-refractivity contribution >= 4 is 22.4 Å². The van der Waals surface area contributed by atoms with Gasteiger partial charge in [-0.05, 0) is 32.0 Å². The summed E-state index contributed by atoms with van der Waals surface area (Å²) in [4.78, 5) is 4.43. The maximum Gasteiger partial charge on any atom is 0.146 e. The van der Waals surface area contributed by atoms with E-state index in [-0.39, 0.29) is 0 Å². The number of pyridine rings is 1. The topological polar surface area (TPSA) is 37.3 Å². The van der Waals surface area contributed by atoms with Crippen LogP contribution in [0.15, 0.2) is 41.5 Å². The lowest BCUT2D eigenvalue weighted by Gasteiger charge is -2.01. The van der Waals surface area contributed by atoms with Crippen LogP contribution in [0.5, 0.6) is 0 Å². The van der Waals surface area contributed by atoms with Crippen molar-refractivity contribution in [2.45, 2.75) is 13.8 Å². The molecule has 3 heteroatoms. The maximum absolute atomic E-state index is 4.43. The van der Waals surface area contributed by atoms with Gasteiger partial charge < -0.3 is 0 Å². The van der Waals surface area contributed by atoms with Crippen LogP contribution >= 0.6 is 0 Å². The van der Waals surface area contributed by atoms with Gasteiger partial charge in [0.05, 0.1) is 5.52 Å². The fourth-order valence-electron chi connectivity index (χ4n) is 1.30. The zero-order valence-electron chi connectivity index (χ0n) is 8.86. The number of nitrogens with zero attached hydrogens (tertiary/aromatic N) is 2. The molecule has 0 unspecified atom stereocenters. The van der Waals surface area contributed by atoms with Crippen molar-refractivity contribution in [3.05, 3.63) is 36.4 Å². The molecule has 0 amide bonds. The maximum atomic E-state index is 4.43. The number of fused-ring (bicyclic) bond motifs is 1. The highest BCUT2D eigenvalue weighted by Crippen LogP contribution is 2.14. The standard InChI is InChI=1S/C12H13N3/c1-9(2)14-15-12-8-7-10-5-3-4-6-11(10)13-12/h3-8H,1-2H3,(H,13,15). The number of rotatable bonds is 2. The van der Waals surface area contributed by atoms with E-state index in [4.69, 9.17) is 0 Å². The predicted octanol–water partition coefficient (Wildman–Crippen LogP) is 3.04. The molecule has 1 aromatic carbocycles. The Morgan fingerprint density at radius 3 is 2.73 bits per heavy atom. The van der Waals surface area contributed by atoms with Crippen LogP contribution in [0.2, 0.25) is 0 Å². The largest absolute Gasteiger partial charge is 0.261 e. The first-order valence-electron chi connectivity index (χ1n) is 4.88. The molecule has 0 aliphatic carbocycles. The highest BCUT2D eigenvalue weighted by molar-refractivity contribution is 5.81. The van der Waals surface area contributed by atoms with E-state index in [1.807, 2.05) is 50.2 Å². The second-order valence-electron chi connectivity index (χ2n) is 3.56. The number of aromatic nitrogens is 1. The van der Waals surface area contributed by atoms with Crippen LogP contribution < -0.4 is 5.43 Å². The Morgan fingerprint density at radius 2 is 1.93 bits per heavy atom. The highest BCUT2D eigenvalue weighted by atomic mass is 15.3. The van der Waals surface area contributed by atoms with E-state index in [0.29, 0.717) is 0 Å². The third-order valence-electron chi connectivity index (χ3n) is 1.99. The van der Waals surface area contributed by atoms with Gasteiger partial charge in [-0.25, -0.2) is 4.98 Å². The minimum absolute atomic E-state index is 0.773. The van der Waals surface area contributed by atoms with Gasteiger partial charge in [-0.1, -0.05) is 18.2 Å². The first-order chi connectivity index (χ1) is 7.25. The van der Waals surface area contributed by atoms with Crippen LogP contribution in [0.1, 0.15) is 13.8 Å². The van der Waals surface area contributed by atoms with Gasteiger partial charge in [0.2, 0.25) is 0 Å². The Hall–Kier alpha value is -1.90. The second kappa shape index (κ2) is 4.09. The summed E-state index contributed by atoms with van der Waals surface area (Å²) in [5.74, 6) is 0.773. The van der Waals surface area contributed by atoms with Crippen LogP contribution in [0.4, 0.5) is 5.82 Å². The molecule has 0 aliphatic heterocycles. The van der Waals surface area contributed by atoms with E-state index in [2.05, 4.69) is 15.5 Å². The van der Waals surface area contributed by atoms with Gasteiger partial charge in [0.25, 0.3) is 0 Å². The number of hydrogen-bond donors (Lipinski definition) is 1. The van der Waals surface area contributed by atoms with Crippen LogP contribution in [0.3, 0.4) is 0 Å². The molecule has 0 fully saturated rings. The first kappa shape index (κ1) is 9.65.